The third-order valence-corrected chi connectivity index (χ3v) is 2.12. The second-order valence-electron chi connectivity index (χ2n) is 3.52. The normalized spacial score (nSPS) is 10.2. The van der Waals surface area contributed by atoms with Crippen molar-refractivity contribution >= 4 is 5.97 Å². The maximum Gasteiger partial charge on any atom is 0.332 e. The number of rotatable bonds is 8. The van der Waals surface area contributed by atoms with Gasteiger partial charge in [0.05, 0.1) is 13.2 Å². The first-order chi connectivity index (χ1) is 8.33. The minimum atomic E-state index is -0.310. The van der Waals surface area contributed by atoms with Gasteiger partial charge in [0.1, 0.15) is 6.61 Å². The van der Waals surface area contributed by atoms with E-state index >= 15 is 0 Å². The summed E-state index contributed by atoms with van der Waals surface area (Å²) in [5.41, 5.74) is 1.23. The van der Waals surface area contributed by atoms with E-state index in [4.69, 9.17) is 9.47 Å². The van der Waals surface area contributed by atoms with Gasteiger partial charge >= 0.3 is 5.97 Å². The molecule has 0 saturated heterocycles. The third-order valence-electron chi connectivity index (χ3n) is 2.12. The quantitative estimate of drug-likeness (QED) is 0.548. The smallest absolute Gasteiger partial charge is 0.332 e. The van der Waals surface area contributed by atoms with E-state index < -0.39 is 0 Å². The van der Waals surface area contributed by atoms with E-state index in [1.165, 1.54) is 5.56 Å². The van der Waals surface area contributed by atoms with Gasteiger partial charge in [-0.1, -0.05) is 30.3 Å². The third kappa shape index (κ3) is 6.71. The fourth-order valence-corrected chi connectivity index (χ4v) is 1.33. The molecule has 0 atom stereocenters. The van der Waals surface area contributed by atoms with Gasteiger partial charge in [0, 0.05) is 13.1 Å². The first-order valence-corrected chi connectivity index (χ1v) is 5.81. The molecule has 1 aromatic rings. The summed E-state index contributed by atoms with van der Waals surface area (Å²) >= 11 is 0. The highest BCUT2D eigenvalue weighted by Crippen LogP contribution is 1.96. The van der Waals surface area contributed by atoms with Gasteiger partial charge in [0.15, 0.2) is 0 Å². The second-order valence-corrected chi connectivity index (χ2v) is 3.52. The van der Waals surface area contributed by atoms with E-state index in [0.717, 1.165) is 6.54 Å². The molecule has 0 fully saturated rings. The summed E-state index contributed by atoms with van der Waals surface area (Å²) in [4.78, 5) is 10.9. The topological polar surface area (TPSA) is 47.6 Å². The fraction of sp³-hybridized carbons (Fsp3) is 0.462. The molecule has 1 rings (SSSR count). The molecule has 0 saturated carbocycles. The summed E-state index contributed by atoms with van der Waals surface area (Å²) in [6, 6.07) is 10.1. The van der Waals surface area contributed by atoms with Crippen LogP contribution in [0.5, 0.6) is 0 Å². The van der Waals surface area contributed by atoms with Gasteiger partial charge < -0.3 is 14.8 Å². The molecular weight excluding hydrogens is 218 g/mol. The van der Waals surface area contributed by atoms with Crippen LogP contribution >= 0.6 is 0 Å². The lowest BCUT2D eigenvalue weighted by Crippen LogP contribution is -2.21. The van der Waals surface area contributed by atoms with Gasteiger partial charge in [-0.3, -0.25) is 0 Å². The van der Waals surface area contributed by atoms with Crippen molar-refractivity contribution in [3.63, 3.8) is 0 Å². The minimum Gasteiger partial charge on any atom is -0.464 e. The largest absolute Gasteiger partial charge is 0.464 e. The molecule has 0 aliphatic carbocycles. The van der Waals surface area contributed by atoms with E-state index in [2.05, 4.69) is 17.4 Å². The first-order valence-electron chi connectivity index (χ1n) is 5.81. The van der Waals surface area contributed by atoms with Crippen molar-refractivity contribution < 1.29 is 14.3 Å². The molecule has 0 aliphatic rings. The Bertz CT molecular complexity index is 314. The van der Waals surface area contributed by atoms with Crippen molar-refractivity contribution in [2.45, 2.75) is 13.5 Å². The summed E-state index contributed by atoms with van der Waals surface area (Å²) in [5.74, 6) is -0.310. The van der Waals surface area contributed by atoms with E-state index in [9.17, 15) is 4.79 Å². The molecule has 0 heterocycles. The molecule has 0 unspecified atom stereocenters. The summed E-state index contributed by atoms with van der Waals surface area (Å²) in [6.45, 7) is 4.23. The second kappa shape index (κ2) is 8.73. The highest BCUT2D eigenvalue weighted by molar-refractivity contribution is 5.70. The first kappa shape index (κ1) is 13.7. The van der Waals surface area contributed by atoms with Gasteiger partial charge in [-0.15, -0.1) is 0 Å². The number of nitrogens with one attached hydrogen (secondary N) is 1. The number of ether oxygens (including phenoxy) is 2. The lowest BCUT2D eigenvalue weighted by Gasteiger charge is -2.06. The highest BCUT2D eigenvalue weighted by atomic mass is 16.6. The van der Waals surface area contributed by atoms with Crippen LogP contribution < -0.4 is 5.32 Å². The summed E-state index contributed by atoms with van der Waals surface area (Å²) < 4.78 is 9.88. The average molecular weight is 237 g/mol. The molecule has 0 aromatic heterocycles. The summed E-state index contributed by atoms with van der Waals surface area (Å²) in [6.07, 6.45) is 0. The maximum atomic E-state index is 10.9. The Morgan fingerprint density at radius 1 is 1.29 bits per heavy atom. The summed E-state index contributed by atoms with van der Waals surface area (Å²) in [5, 5.41) is 3.23. The van der Waals surface area contributed by atoms with Crippen molar-refractivity contribution in [3.8, 4) is 0 Å². The van der Waals surface area contributed by atoms with Gasteiger partial charge in [-0.05, 0) is 12.5 Å². The van der Waals surface area contributed by atoms with Gasteiger partial charge in [-0.25, -0.2) is 4.79 Å². The van der Waals surface area contributed by atoms with E-state index in [1.807, 2.05) is 18.2 Å². The van der Waals surface area contributed by atoms with Crippen LogP contribution in [0.3, 0.4) is 0 Å². The Morgan fingerprint density at radius 2 is 2.06 bits per heavy atom. The molecule has 0 amide bonds. The van der Waals surface area contributed by atoms with E-state index in [1.54, 1.807) is 6.92 Å². The fourth-order valence-electron chi connectivity index (χ4n) is 1.33. The van der Waals surface area contributed by atoms with E-state index in [0.29, 0.717) is 19.8 Å². The zero-order valence-electron chi connectivity index (χ0n) is 10.1. The van der Waals surface area contributed by atoms with Crippen LogP contribution in [-0.2, 0) is 20.8 Å². The SMILES string of the molecule is CCOC(=O)COCCNCc1ccccc1. The van der Waals surface area contributed by atoms with Crippen molar-refractivity contribution in [1.29, 1.82) is 0 Å². The van der Waals surface area contributed by atoms with Gasteiger partial charge in [0.2, 0.25) is 0 Å². The van der Waals surface area contributed by atoms with Crippen LogP contribution in [0.1, 0.15) is 12.5 Å². The average Bonchev–Trinajstić information content (AvgIpc) is 2.35. The molecule has 0 aliphatic heterocycles. The Balaban J connectivity index is 1.96. The zero-order chi connectivity index (χ0) is 12.3. The molecule has 94 valence electrons. The van der Waals surface area contributed by atoms with Gasteiger partial charge in [-0.2, -0.15) is 0 Å². The number of hydrogen-bond acceptors (Lipinski definition) is 4. The number of hydrogen-bond donors (Lipinski definition) is 1. The monoisotopic (exact) mass is 237 g/mol. The molecule has 0 bridgehead atoms. The molecule has 4 heteroatoms. The minimum absolute atomic E-state index is 0.0286. The van der Waals surface area contributed by atoms with Crippen LogP contribution in [0.2, 0.25) is 0 Å². The zero-order valence-corrected chi connectivity index (χ0v) is 10.1. The lowest BCUT2D eigenvalue weighted by molar-refractivity contribution is -0.148. The Kier molecular flexibility index (Phi) is 7.02. The Hall–Kier alpha value is -1.39. The number of benzene rings is 1. The van der Waals surface area contributed by atoms with Crippen LogP contribution in [0.4, 0.5) is 0 Å². The molecule has 0 spiro atoms. The molecular formula is C13H19NO3. The molecule has 17 heavy (non-hydrogen) atoms. The Morgan fingerprint density at radius 3 is 2.76 bits per heavy atom. The van der Waals surface area contributed by atoms with Crippen molar-refractivity contribution in [2.24, 2.45) is 0 Å². The predicted molar refractivity (Wildman–Crippen MR) is 65.6 cm³/mol. The van der Waals surface area contributed by atoms with Crippen LogP contribution in [0.15, 0.2) is 30.3 Å². The number of carbonyl (C=O) groups excluding carboxylic acids is 1. The standard InChI is InChI=1S/C13H19NO3/c1-2-17-13(15)11-16-9-8-14-10-12-6-4-3-5-7-12/h3-7,14H,2,8-11H2,1H3. The van der Waals surface area contributed by atoms with Crippen LogP contribution in [0, 0.1) is 0 Å². The van der Waals surface area contributed by atoms with E-state index in [-0.39, 0.29) is 12.6 Å². The molecule has 4 nitrogen and oxygen atoms in total. The molecule has 1 N–H and O–H groups in total. The van der Waals surface area contributed by atoms with Crippen LogP contribution in [-0.4, -0.2) is 32.3 Å². The predicted octanol–water partition coefficient (Wildman–Crippen LogP) is 1.36. The van der Waals surface area contributed by atoms with Crippen molar-refractivity contribution in [3.05, 3.63) is 35.9 Å². The highest BCUT2D eigenvalue weighted by Gasteiger charge is 2.00. The van der Waals surface area contributed by atoms with Crippen molar-refractivity contribution in [1.82, 2.24) is 5.32 Å². The molecule has 1 aromatic carbocycles. The molecule has 0 radical (unpaired) electrons. The number of esters is 1. The number of carbonyl (C=O) groups is 1. The lowest BCUT2D eigenvalue weighted by atomic mass is 10.2. The Labute approximate surface area is 102 Å². The van der Waals surface area contributed by atoms with Crippen LogP contribution in [0.25, 0.3) is 0 Å². The van der Waals surface area contributed by atoms with Crippen molar-refractivity contribution in [2.75, 3.05) is 26.4 Å². The summed E-state index contributed by atoms with van der Waals surface area (Å²) in [7, 11) is 0. The maximum absolute atomic E-state index is 10.9. The van der Waals surface area contributed by atoms with Gasteiger partial charge in [0.25, 0.3) is 0 Å².